The molecule has 7 nitrogen and oxygen atoms in total. The van der Waals surface area contributed by atoms with Crippen molar-refractivity contribution < 1.29 is 9.21 Å². The van der Waals surface area contributed by atoms with E-state index >= 15 is 0 Å². The Kier molecular flexibility index (Phi) is 6.26. The lowest BCUT2D eigenvalue weighted by Crippen LogP contribution is -2.48. The quantitative estimate of drug-likeness (QED) is 0.771. The van der Waals surface area contributed by atoms with Gasteiger partial charge in [-0.1, -0.05) is 6.42 Å². The van der Waals surface area contributed by atoms with E-state index in [9.17, 15) is 9.59 Å². The van der Waals surface area contributed by atoms with Crippen molar-refractivity contribution in [2.24, 2.45) is 0 Å². The van der Waals surface area contributed by atoms with Gasteiger partial charge in [0.2, 0.25) is 0 Å². The van der Waals surface area contributed by atoms with Gasteiger partial charge in [-0.15, -0.1) is 0 Å². The highest BCUT2D eigenvalue weighted by Crippen LogP contribution is 2.17. The van der Waals surface area contributed by atoms with Gasteiger partial charge in [0.05, 0.1) is 12.2 Å². The van der Waals surface area contributed by atoms with Crippen LogP contribution in [-0.2, 0) is 6.54 Å². The molecule has 1 fully saturated rings. The first-order valence-corrected chi connectivity index (χ1v) is 9.64. The molecule has 1 amide bonds. The minimum absolute atomic E-state index is 0.0825. The lowest BCUT2D eigenvalue weighted by atomic mass is 10.0. The number of halogens is 1. The molecule has 1 unspecified atom stereocenters. The molecule has 0 saturated carbocycles. The van der Waals surface area contributed by atoms with Crippen LogP contribution in [-0.4, -0.2) is 46.3 Å². The van der Waals surface area contributed by atoms with Gasteiger partial charge in [0.1, 0.15) is 0 Å². The van der Waals surface area contributed by atoms with Crippen molar-refractivity contribution in [1.29, 1.82) is 0 Å². The van der Waals surface area contributed by atoms with Crippen LogP contribution in [0.4, 0.5) is 0 Å². The van der Waals surface area contributed by atoms with Crippen molar-refractivity contribution in [2.75, 3.05) is 19.6 Å². The second kappa shape index (κ2) is 8.64. The van der Waals surface area contributed by atoms with Crippen LogP contribution >= 0.6 is 15.9 Å². The summed E-state index contributed by atoms with van der Waals surface area (Å²) in [5.41, 5.74) is 0.748. The summed E-state index contributed by atoms with van der Waals surface area (Å²) < 4.78 is 7.34. The third kappa shape index (κ3) is 4.82. The Morgan fingerprint density at radius 3 is 2.92 bits per heavy atom. The summed E-state index contributed by atoms with van der Waals surface area (Å²) in [7, 11) is 0. The van der Waals surface area contributed by atoms with E-state index in [0.717, 1.165) is 38.0 Å². The summed E-state index contributed by atoms with van der Waals surface area (Å²) in [5.74, 6) is 0.0903. The smallest absolute Gasteiger partial charge is 0.287 e. The topological polar surface area (TPSA) is 80.4 Å². The summed E-state index contributed by atoms with van der Waals surface area (Å²) in [6.07, 6.45) is 3.30. The number of piperidine rings is 1. The second-order valence-corrected chi connectivity index (χ2v) is 7.32. The van der Waals surface area contributed by atoms with Gasteiger partial charge in [-0.3, -0.25) is 14.5 Å². The van der Waals surface area contributed by atoms with Gasteiger partial charge in [0.25, 0.3) is 11.5 Å². The van der Waals surface area contributed by atoms with E-state index in [-0.39, 0.29) is 17.5 Å². The predicted molar refractivity (Wildman–Crippen MR) is 101 cm³/mol. The molecule has 140 valence electrons. The number of hydrogen-bond donors (Lipinski definition) is 1. The molecule has 26 heavy (non-hydrogen) atoms. The number of carbonyl (C=O) groups excluding carboxylic acids is 1. The SMILES string of the molecule is Cc1ccc(=O)n(CCN2CCCCC2CNC(=O)c2ccc(Br)o2)n1. The lowest BCUT2D eigenvalue weighted by molar-refractivity contribution is 0.0881. The number of nitrogens with zero attached hydrogens (tertiary/aromatic N) is 3. The number of hydrogen-bond acceptors (Lipinski definition) is 5. The maximum Gasteiger partial charge on any atom is 0.287 e. The Morgan fingerprint density at radius 2 is 2.15 bits per heavy atom. The van der Waals surface area contributed by atoms with Gasteiger partial charge in [0, 0.05) is 25.2 Å². The van der Waals surface area contributed by atoms with Gasteiger partial charge in [0.15, 0.2) is 10.4 Å². The van der Waals surface area contributed by atoms with Gasteiger partial charge in [-0.2, -0.15) is 5.10 Å². The number of carbonyl (C=O) groups is 1. The van der Waals surface area contributed by atoms with E-state index in [2.05, 4.69) is 31.2 Å². The molecular weight excluding hydrogens is 400 g/mol. The summed E-state index contributed by atoms with van der Waals surface area (Å²) in [6.45, 7) is 4.70. The number of furan rings is 1. The Morgan fingerprint density at radius 1 is 1.31 bits per heavy atom. The molecule has 0 radical (unpaired) electrons. The maximum atomic E-state index is 12.2. The molecule has 1 N–H and O–H groups in total. The molecule has 0 aromatic carbocycles. The first kappa shape index (κ1) is 18.8. The van der Waals surface area contributed by atoms with Gasteiger partial charge < -0.3 is 9.73 Å². The fourth-order valence-corrected chi connectivity index (χ4v) is 3.56. The van der Waals surface area contributed by atoms with E-state index < -0.39 is 0 Å². The lowest BCUT2D eigenvalue weighted by Gasteiger charge is -2.35. The molecular formula is C18H23BrN4O3. The van der Waals surface area contributed by atoms with Crippen molar-refractivity contribution in [3.8, 4) is 0 Å². The minimum atomic E-state index is -0.210. The molecule has 8 heteroatoms. The van der Waals surface area contributed by atoms with Crippen LogP contribution in [0.1, 0.15) is 35.5 Å². The molecule has 0 aliphatic carbocycles. The molecule has 1 aliphatic heterocycles. The van der Waals surface area contributed by atoms with Crippen LogP contribution in [0.2, 0.25) is 0 Å². The van der Waals surface area contributed by atoms with Gasteiger partial charge in [-0.05, 0) is 60.4 Å². The van der Waals surface area contributed by atoms with Crippen LogP contribution in [0, 0.1) is 6.92 Å². The number of amides is 1. The summed E-state index contributed by atoms with van der Waals surface area (Å²) in [5, 5.41) is 7.24. The summed E-state index contributed by atoms with van der Waals surface area (Å²) in [6, 6.07) is 6.89. The Bertz CT molecular complexity index is 817. The zero-order valence-corrected chi connectivity index (χ0v) is 16.4. The molecule has 1 atom stereocenters. The number of nitrogens with one attached hydrogen (secondary N) is 1. The molecule has 0 bridgehead atoms. The average Bonchev–Trinajstić information content (AvgIpc) is 3.07. The molecule has 2 aromatic rings. The Hall–Kier alpha value is -1.93. The van der Waals surface area contributed by atoms with E-state index in [0.29, 0.717) is 23.5 Å². The first-order chi connectivity index (χ1) is 12.5. The van der Waals surface area contributed by atoms with E-state index in [1.165, 1.54) is 4.68 Å². The zero-order valence-electron chi connectivity index (χ0n) is 14.8. The van der Waals surface area contributed by atoms with Crippen molar-refractivity contribution in [3.63, 3.8) is 0 Å². The highest BCUT2D eigenvalue weighted by molar-refractivity contribution is 9.10. The van der Waals surface area contributed by atoms with E-state index in [1.807, 2.05) is 6.92 Å². The fourth-order valence-electron chi connectivity index (χ4n) is 3.25. The van der Waals surface area contributed by atoms with Crippen LogP contribution < -0.4 is 10.9 Å². The highest BCUT2D eigenvalue weighted by Gasteiger charge is 2.23. The van der Waals surface area contributed by atoms with Crippen LogP contribution in [0.15, 0.2) is 38.1 Å². The fraction of sp³-hybridized carbons (Fsp3) is 0.500. The molecule has 0 spiro atoms. The summed E-state index contributed by atoms with van der Waals surface area (Å²) in [4.78, 5) is 26.4. The van der Waals surface area contributed by atoms with Crippen molar-refractivity contribution in [3.05, 3.63) is 50.7 Å². The van der Waals surface area contributed by atoms with Gasteiger partial charge in [-0.25, -0.2) is 4.68 Å². The largest absolute Gasteiger partial charge is 0.444 e. The Balaban J connectivity index is 1.56. The normalized spacial score (nSPS) is 18.0. The van der Waals surface area contributed by atoms with Crippen molar-refractivity contribution in [2.45, 2.75) is 38.8 Å². The third-order valence-electron chi connectivity index (χ3n) is 4.64. The van der Waals surface area contributed by atoms with Crippen LogP contribution in [0.25, 0.3) is 0 Å². The first-order valence-electron chi connectivity index (χ1n) is 8.85. The van der Waals surface area contributed by atoms with E-state index in [4.69, 9.17) is 4.42 Å². The summed E-state index contributed by atoms with van der Waals surface area (Å²) >= 11 is 3.20. The van der Waals surface area contributed by atoms with Gasteiger partial charge >= 0.3 is 0 Å². The number of rotatable bonds is 6. The van der Waals surface area contributed by atoms with Crippen molar-refractivity contribution >= 4 is 21.8 Å². The number of aryl methyl sites for hydroxylation is 1. The zero-order chi connectivity index (χ0) is 18.5. The molecule has 1 aliphatic rings. The predicted octanol–water partition coefficient (Wildman–Crippen LogP) is 2.19. The molecule has 3 heterocycles. The molecule has 1 saturated heterocycles. The molecule has 3 rings (SSSR count). The highest BCUT2D eigenvalue weighted by atomic mass is 79.9. The van der Waals surface area contributed by atoms with Crippen molar-refractivity contribution in [1.82, 2.24) is 20.0 Å². The monoisotopic (exact) mass is 422 g/mol. The second-order valence-electron chi connectivity index (χ2n) is 6.54. The van der Waals surface area contributed by atoms with E-state index in [1.54, 1.807) is 24.3 Å². The maximum absolute atomic E-state index is 12.2. The Labute approximate surface area is 160 Å². The standard InChI is InChI=1S/C18H23BrN4O3/c1-13-5-8-17(24)23(21-13)11-10-22-9-3-2-4-14(22)12-20-18(25)15-6-7-16(19)26-15/h5-8,14H,2-4,9-12H2,1H3,(H,20,25). The molecule has 2 aromatic heterocycles. The number of aromatic nitrogens is 2. The number of likely N-dealkylation sites (tertiary alicyclic amines) is 1. The van der Waals surface area contributed by atoms with Crippen LogP contribution in [0.3, 0.4) is 0 Å². The van der Waals surface area contributed by atoms with Crippen LogP contribution in [0.5, 0.6) is 0 Å². The third-order valence-corrected chi connectivity index (χ3v) is 5.07. The minimum Gasteiger partial charge on any atom is -0.444 e. The average molecular weight is 423 g/mol.